The summed E-state index contributed by atoms with van der Waals surface area (Å²) in [7, 11) is 0. The molecule has 1 aliphatic rings. The number of halogens is 1. The van der Waals surface area contributed by atoms with Gasteiger partial charge in [-0.05, 0) is 31.0 Å². The zero-order valence-corrected chi connectivity index (χ0v) is 10.9. The number of carbonyl (C=O) groups is 1. The van der Waals surface area contributed by atoms with E-state index in [1.165, 1.54) is 10.9 Å². The molecule has 0 bridgehead atoms. The topological polar surface area (TPSA) is 64.0 Å². The standard InChI is InChI=1S/C13H12ClN3O2/c14-8-1-4-11-10(5-8)13(19)17(7-15-11)6-12(18)16-9-2-3-9/h1,4-5,7,9H,2-3,6H2,(H,16,18). The molecule has 0 aliphatic heterocycles. The molecule has 0 saturated heterocycles. The van der Waals surface area contributed by atoms with E-state index < -0.39 is 0 Å². The van der Waals surface area contributed by atoms with E-state index in [1.807, 2.05) is 0 Å². The molecule has 3 rings (SSSR count). The van der Waals surface area contributed by atoms with Crippen molar-refractivity contribution in [3.8, 4) is 0 Å². The molecule has 1 amide bonds. The van der Waals surface area contributed by atoms with Crippen molar-refractivity contribution >= 4 is 28.4 Å². The van der Waals surface area contributed by atoms with Gasteiger partial charge in [0.2, 0.25) is 5.91 Å². The summed E-state index contributed by atoms with van der Waals surface area (Å²) in [4.78, 5) is 28.1. The number of nitrogens with one attached hydrogen (secondary N) is 1. The lowest BCUT2D eigenvalue weighted by molar-refractivity contribution is -0.121. The summed E-state index contributed by atoms with van der Waals surface area (Å²) >= 11 is 5.87. The van der Waals surface area contributed by atoms with Gasteiger partial charge in [-0.1, -0.05) is 11.6 Å². The second-order valence-electron chi connectivity index (χ2n) is 4.68. The molecule has 98 valence electrons. The van der Waals surface area contributed by atoms with E-state index in [-0.39, 0.29) is 24.1 Å². The molecule has 1 N–H and O–H groups in total. The summed E-state index contributed by atoms with van der Waals surface area (Å²) in [6.45, 7) is -0.00914. The first-order valence-electron chi connectivity index (χ1n) is 6.07. The zero-order valence-electron chi connectivity index (χ0n) is 10.1. The predicted molar refractivity (Wildman–Crippen MR) is 72.2 cm³/mol. The van der Waals surface area contributed by atoms with Gasteiger partial charge in [0.05, 0.1) is 17.2 Å². The van der Waals surface area contributed by atoms with Crippen LogP contribution in [0.5, 0.6) is 0 Å². The van der Waals surface area contributed by atoms with E-state index in [4.69, 9.17) is 11.6 Å². The van der Waals surface area contributed by atoms with Crippen molar-refractivity contribution in [2.24, 2.45) is 0 Å². The van der Waals surface area contributed by atoms with Crippen molar-refractivity contribution in [3.05, 3.63) is 39.9 Å². The maximum Gasteiger partial charge on any atom is 0.261 e. The van der Waals surface area contributed by atoms with Crippen LogP contribution in [0.4, 0.5) is 0 Å². The number of amides is 1. The lowest BCUT2D eigenvalue weighted by atomic mass is 10.2. The van der Waals surface area contributed by atoms with Crippen molar-refractivity contribution in [1.82, 2.24) is 14.9 Å². The summed E-state index contributed by atoms with van der Waals surface area (Å²) in [5, 5.41) is 3.74. The second kappa shape index (κ2) is 4.66. The van der Waals surface area contributed by atoms with Crippen LogP contribution in [-0.2, 0) is 11.3 Å². The zero-order chi connectivity index (χ0) is 13.4. The number of aromatic nitrogens is 2. The monoisotopic (exact) mass is 277 g/mol. The smallest absolute Gasteiger partial charge is 0.261 e. The van der Waals surface area contributed by atoms with Crippen LogP contribution in [0.2, 0.25) is 5.02 Å². The van der Waals surface area contributed by atoms with E-state index in [2.05, 4.69) is 10.3 Å². The lowest BCUT2D eigenvalue weighted by Crippen LogP contribution is -2.33. The Balaban J connectivity index is 1.92. The van der Waals surface area contributed by atoms with Crippen molar-refractivity contribution in [2.75, 3.05) is 0 Å². The minimum Gasteiger partial charge on any atom is -0.352 e. The Hall–Kier alpha value is -1.88. The average molecular weight is 278 g/mol. The van der Waals surface area contributed by atoms with Gasteiger partial charge in [-0.25, -0.2) is 4.98 Å². The van der Waals surface area contributed by atoms with Crippen LogP contribution in [-0.4, -0.2) is 21.5 Å². The molecule has 1 aromatic heterocycles. The van der Waals surface area contributed by atoms with Gasteiger partial charge < -0.3 is 5.32 Å². The highest BCUT2D eigenvalue weighted by Gasteiger charge is 2.23. The molecule has 1 aromatic carbocycles. The van der Waals surface area contributed by atoms with Gasteiger partial charge in [0.1, 0.15) is 6.54 Å². The fraction of sp³-hybridized carbons (Fsp3) is 0.308. The van der Waals surface area contributed by atoms with Crippen LogP contribution in [0.3, 0.4) is 0 Å². The highest BCUT2D eigenvalue weighted by Crippen LogP contribution is 2.18. The van der Waals surface area contributed by atoms with E-state index in [1.54, 1.807) is 18.2 Å². The van der Waals surface area contributed by atoms with Gasteiger partial charge in [-0.15, -0.1) is 0 Å². The normalized spacial score (nSPS) is 14.6. The number of hydrogen-bond donors (Lipinski definition) is 1. The number of fused-ring (bicyclic) bond motifs is 1. The molecule has 19 heavy (non-hydrogen) atoms. The molecule has 1 heterocycles. The van der Waals surface area contributed by atoms with Crippen molar-refractivity contribution in [1.29, 1.82) is 0 Å². The molecule has 6 heteroatoms. The van der Waals surface area contributed by atoms with Gasteiger partial charge in [0.25, 0.3) is 5.56 Å². The Kier molecular flexibility index (Phi) is 2.98. The second-order valence-corrected chi connectivity index (χ2v) is 5.12. The number of carbonyl (C=O) groups excluding carboxylic acids is 1. The predicted octanol–water partition coefficient (Wildman–Crippen LogP) is 1.33. The Morgan fingerprint density at radius 1 is 1.47 bits per heavy atom. The number of hydrogen-bond acceptors (Lipinski definition) is 3. The Morgan fingerprint density at radius 3 is 3.00 bits per heavy atom. The van der Waals surface area contributed by atoms with Crippen LogP contribution >= 0.6 is 11.6 Å². The fourth-order valence-corrected chi connectivity index (χ4v) is 2.07. The van der Waals surface area contributed by atoms with Gasteiger partial charge in [0.15, 0.2) is 0 Å². The first-order chi connectivity index (χ1) is 9.13. The van der Waals surface area contributed by atoms with Crippen LogP contribution in [0.1, 0.15) is 12.8 Å². The third-order valence-electron chi connectivity index (χ3n) is 3.04. The summed E-state index contributed by atoms with van der Waals surface area (Å²) in [5.74, 6) is -0.159. The maximum atomic E-state index is 12.2. The van der Waals surface area contributed by atoms with Gasteiger partial charge in [-0.2, -0.15) is 0 Å². The highest BCUT2D eigenvalue weighted by atomic mass is 35.5. The number of rotatable bonds is 3. The highest BCUT2D eigenvalue weighted by molar-refractivity contribution is 6.31. The summed E-state index contributed by atoms with van der Waals surface area (Å²) in [6.07, 6.45) is 3.43. The molecular weight excluding hydrogens is 266 g/mol. The summed E-state index contributed by atoms with van der Waals surface area (Å²) in [6, 6.07) is 5.22. The van der Waals surface area contributed by atoms with Crippen molar-refractivity contribution < 1.29 is 4.79 Å². The Labute approximate surface area is 114 Å². The molecule has 1 aliphatic carbocycles. The molecule has 0 unspecified atom stereocenters. The molecule has 0 radical (unpaired) electrons. The van der Waals surface area contributed by atoms with Gasteiger partial charge in [-0.3, -0.25) is 14.2 Å². The van der Waals surface area contributed by atoms with Crippen molar-refractivity contribution in [2.45, 2.75) is 25.4 Å². The maximum absolute atomic E-state index is 12.2. The summed E-state index contributed by atoms with van der Waals surface area (Å²) in [5.41, 5.74) is 0.326. The molecule has 5 nitrogen and oxygen atoms in total. The fourth-order valence-electron chi connectivity index (χ4n) is 1.90. The Bertz CT molecular complexity index is 707. The third-order valence-corrected chi connectivity index (χ3v) is 3.28. The van der Waals surface area contributed by atoms with Gasteiger partial charge in [0, 0.05) is 11.1 Å². The molecule has 0 atom stereocenters. The number of benzene rings is 1. The first-order valence-corrected chi connectivity index (χ1v) is 6.45. The minimum atomic E-state index is -0.251. The molecule has 0 spiro atoms. The van der Waals surface area contributed by atoms with E-state index in [0.717, 1.165) is 12.8 Å². The largest absolute Gasteiger partial charge is 0.352 e. The average Bonchev–Trinajstić information content (AvgIpc) is 3.17. The van der Waals surface area contributed by atoms with Crippen LogP contribution in [0.15, 0.2) is 29.3 Å². The first kappa shape index (κ1) is 12.2. The van der Waals surface area contributed by atoms with Gasteiger partial charge >= 0.3 is 0 Å². The number of nitrogens with zero attached hydrogens (tertiary/aromatic N) is 2. The summed E-state index contributed by atoms with van der Waals surface area (Å²) < 4.78 is 1.30. The van der Waals surface area contributed by atoms with Crippen LogP contribution in [0.25, 0.3) is 10.9 Å². The van der Waals surface area contributed by atoms with Crippen LogP contribution in [0, 0.1) is 0 Å². The third kappa shape index (κ3) is 2.61. The molecular formula is C13H12ClN3O2. The molecule has 1 saturated carbocycles. The quantitative estimate of drug-likeness (QED) is 0.920. The molecule has 2 aromatic rings. The van der Waals surface area contributed by atoms with E-state index in [9.17, 15) is 9.59 Å². The van der Waals surface area contributed by atoms with E-state index >= 15 is 0 Å². The van der Waals surface area contributed by atoms with Crippen LogP contribution < -0.4 is 10.9 Å². The van der Waals surface area contributed by atoms with Crippen molar-refractivity contribution in [3.63, 3.8) is 0 Å². The van der Waals surface area contributed by atoms with E-state index in [0.29, 0.717) is 15.9 Å². The lowest BCUT2D eigenvalue weighted by Gasteiger charge is -2.07. The minimum absolute atomic E-state index is 0.00914. The molecule has 1 fully saturated rings. The Morgan fingerprint density at radius 2 is 2.26 bits per heavy atom. The SMILES string of the molecule is O=C(Cn1cnc2ccc(Cl)cc2c1=O)NC1CC1.